The Morgan fingerprint density at radius 3 is 2.80 bits per heavy atom. The topological polar surface area (TPSA) is 52.0 Å². The van der Waals surface area contributed by atoms with Gasteiger partial charge in [0.1, 0.15) is 11.8 Å². The molecule has 1 rings (SSSR count). The molecule has 1 atom stereocenters. The van der Waals surface area contributed by atoms with Gasteiger partial charge in [0.2, 0.25) is 0 Å². The van der Waals surface area contributed by atoms with Crippen LogP contribution in [0.1, 0.15) is 44.9 Å². The fourth-order valence-electron chi connectivity index (χ4n) is 2.23. The van der Waals surface area contributed by atoms with E-state index in [0.717, 1.165) is 31.6 Å². The van der Waals surface area contributed by atoms with Crippen molar-refractivity contribution in [1.29, 1.82) is 5.26 Å². The Balaban J connectivity index is 2.29. The maximum absolute atomic E-state index is 8.99. The normalized spacial score (nSPS) is 12.3. The first kappa shape index (κ1) is 16.6. The van der Waals surface area contributed by atoms with Crippen LogP contribution >= 0.6 is 0 Å². The van der Waals surface area contributed by atoms with E-state index in [0.29, 0.717) is 18.3 Å². The van der Waals surface area contributed by atoms with Crippen molar-refractivity contribution in [3.05, 3.63) is 29.6 Å². The quantitative estimate of drug-likeness (QED) is 0.752. The number of nitrogens with zero attached hydrogens (tertiary/aromatic N) is 3. The second kappa shape index (κ2) is 9.46. The lowest BCUT2D eigenvalue weighted by atomic mass is 10.1. The van der Waals surface area contributed by atoms with Gasteiger partial charge in [0.25, 0.3) is 0 Å². The zero-order valence-corrected chi connectivity index (χ0v) is 12.9. The second-order valence-electron chi connectivity index (χ2n) is 5.07. The van der Waals surface area contributed by atoms with Gasteiger partial charge in [0.05, 0.1) is 0 Å². The molecule has 110 valence electrons. The van der Waals surface area contributed by atoms with Gasteiger partial charge in [-0.15, -0.1) is 0 Å². The number of hydrogen-bond donors (Lipinski definition) is 1. The van der Waals surface area contributed by atoms with Gasteiger partial charge in [0.15, 0.2) is 0 Å². The summed E-state index contributed by atoms with van der Waals surface area (Å²) >= 11 is 0. The molecule has 4 heteroatoms. The van der Waals surface area contributed by atoms with Crippen molar-refractivity contribution in [3.63, 3.8) is 0 Å². The highest BCUT2D eigenvalue weighted by molar-refractivity contribution is 5.30. The molecule has 1 aromatic rings. The van der Waals surface area contributed by atoms with Crippen molar-refractivity contribution in [3.8, 4) is 6.07 Å². The minimum absolute atomic E-state index is 0.456. The average molecular weight is 274 g/mol. The van der Waals surface area contributed by atoms with Crippen molar-refractivity contribution in [1.82, 2.24) is 15.2 Å². The number of aromatic nitrogens is 1. The third kappa shape index (κ3) is 5.68. The molecule has 4 nitrogen and oxygen atoms in total. The van der Waals surface area contributed by atoms with Crippen LogP contribution in [-0.2, 0) is 6.54 Å². The van der Waals surface area contributed by atoms with Gasteiger partial charge in [-0.3, -0.25) is 0 Å². The molecule has 0 saturated carbocycles. The molecule has 1 N–H and O–H groups in total. The molecule has 0 amide bonds. The van der Waals surface area contributed by atoms with Crippen LogP contribution in [0.25, 0.3) is 0 Å². The van der Waals surface area contributed by atoms with Crippen LogP contribution in [0.15, 0.2) is 18.3 Å². The summed E-state index contributed by atoms with van der Waals surface area (Å²) in [6.07, 6.45) is 4.02. The Morgan fingerprint density at radius 2 is 2.15 bits per heavy atom. The van der Waals surface area contributed by atoms with E-state index in [-0.39, 0.29) is 0 Å². The third-order valence-electron chi connectivity index (χ3n) is 3.64. The fraction of sp³-hybridized carbons (Fsp3) is 0.625. The number of nitrogens with one attached hydrogen (secondary N) is 1. The zero-order valence-electron chi connectivity index (χ0n) is 12.9. The standard InChI is InChI=1S/C16H26N4/c1-4-20(5-2)11-7-8-14(3)19-13-15-9-6-10-18-16(15)12-17/h6,9-10,14,19H,4-5,7-8,11,13H2,1-3H3. The molecular weight excluding hydrogens is 248 g/mol. The maximum Gasteiger partial charge on any atom is 0.144 e. The summed E-state index contributed by atoms with van der Waals surface area (Å²) in [6.45, 7) is 10.7. The summed E-state index contributed by atoms with van der Waals surface area (Å²) in [5, 5.41) is 12.5. The zero-order chi connectivity index (χ0) is 14.8. The van der Waals surface area contributed by atoms with Gasteiger partial charge in [-0.2, -0.15) is 5.26 Å². The van der Waals surface area contributed by atoms with E-state index < -0.39 is 0 Å². The van der Waals surface area contributed by atoms with Gasteiger partial charge in [-0.1, -0.05) is 19.9 Å². The van der Waals surface area contributed by atoms with Crippen molar-refractivity contribution < 1.29 is 0 Å². The van der Waals surface area contributed by atoms with E-state index in [2.05, 4.69) is 42.0 Å². The Bertz CT molecular complexity index is 421. The summed E-state index contributed by atoms with van der Waals surface area (Å²) in [7, 11) is 0. The molecule has 1 heterocycles. The van der Waals surface area contributed by atoms with Gasteiger partial charge in [-0.25, -0.2) is 4.98 Å². The van der Waals surface area contributed by atoms with Crippen LogP contribution in [0.3, 0.4) is 0 Å². The molecular formula is C16H26N4. The molecule has 1 aromatic heterocycles. The van der Waals surface area contributed by atoms with E-state index in [9.17, 15) is 0 Å². The number of nitriles is 1. The second-order valence-corrected chi connectivity index (χ2v) is 5.07. The van der Waals surface area contributed by atoms with E-state index in [1.165, 1.54) is 6.42 Å². The highest BCUT2D eigenvalue weighted by atomic mass is 15.1. The molecule has 0 spiro atoms. The van der Waals surface area contributed by atoms with E-state index in [4.69, 9.17) is 5.26 Å². The van der Waals surface area contributed by atoms with E-state index >= 15 is 0 Å². The van der Waals surface area contributed by atoms with Crippen molar-refractivity contribution in [2.45, 2.75) is 46.2 Å². The van der Waals surface area contributed by atoms with Crippen LogP contribution in [0.2, 0.25) is 0 Å². The highest BCUT2D eigenvalue weighted by Gasteiger charge is 2.06. The van der Waals surface area contributed by atoms with Gasteiger partial charge in [-0.05, 0) is 45.5 Å². The summed E-state index contributed by atoms with van der Waals surface area (Å²) in [4.78, 5) is 6.52. The minimum atomic E-state index is 0.456. The molecule has 0 aliphatic heterocycles. The Kier molecular flexibility index (Phi) is 7.86. The molecule has 0 aliphatic carbocycles. The maximum atomic E-state index is 8.99. The lowest BCUT2D eigenvalue weighted by Gasteiger charge is -2.19. The van der Waals surface area contributed by atoms with Crippen molar-refractivity contribution >= 4 is 0 Å². The Morgan fingerprint density at radius 1 is 1.40 bits per heavy atom. The van der Waals surface area contributed by atoms with Gasteiger partial charge < -0.3 is 10.2 Å². The smallest absolute Gasteiger partial charge is 0.144 e. The molecule has 0 fully saturated rings. The summed E-state index contributed by atoms with van der Waals surface area (Å²) < 4.78 is 0. The predicted octanol–water partition coefficient (Wildman–Crippen LogP) is 2.55. The molecule has 0 radical (unpaired) electrons. The number of pyridine rings is 1. The summed E-state index contributed by atoms with van der Waals surface area (Å²) in [5.74, 6) is 0. The van der Waals surface area contributed by atoms with Crippen LogP contribution in [0.5, 0.6) is 0 Å². The van der Waals surface area contributed by atoms with E-state index in [1.54, 1.807) is 6.20 Å². The van der Waals surface area contributed by atoms with Gasteiger partial charge in [0, 0.05) is 24.3 Å². The van der Waals surface area contributed by atoms with Crippen LogP contribution in [0, 0.1) is 11.3 Å². The first-order valence-corrected chi connectivity index (χ1v) is 7.51. The number of rotatable bonds is 9. The predicted molar refractivity (Wildman–Crippen MR) is 82.3 cm³/mol. The van der Waals surface area contributed by atoms with Crippen molar-refractivity contribution in [2.75, 3.05) is 19.6 Å². The largest absolute Gasteiger partial charge is 0.310 e. The first-order valence-electron chi connectivity index (χ1n) is 7.51. The SMILES string of the molecule is CCN(CC)CCCC(C)NCc1cccnc1C#N. The Labute approximate surface area is 122 Å². The lowest BCUT2D eigenvalue weighted by Crippen LogP contribution is -2.29. The van der Waals surface area contributed by atoms with E-state index in [1.807, 2.05) is 12.1 Å². The molecule has 0 saturated heterocycles. The fourth-order valence-corrected chi connectivity index (χ4v) is 2.23. The monoisotopic (exact) mass is 274 g/mol. The lowest BCUT2D eigenvalue weighted by molar-refractivity contribution is 0.290. The van der Waals surface area contributed by atoms with Crippen molar-refractivity contribution in [2.24, 2.45) is 0 Å². The van der Waals surface area contributed by atoms with Crippen LogP contribution < -0.4 is 5.32 Å². The van der Waals surface area contributed by atoms with Crippen LogP contribution in [-0.4, -0.2) is 35.6 Å². The number of hydrogen-bond acceptors (Lipinski definition) is 4. The average Bonchev–Trinajstić information content (AvgIpc) is 2.49. The molecule has 20 heavy (non-hydrogen) atoms. The molecule has 0 aromatic carbocycles. The minimum Gasteiger partial charge on any atom is -0.310 e. The molecule has 1 unspecified atom stereocenters. The molecule has 0 bridgehead atoms. The summed E-state index contributed by atoms with van der Waals surface area (Å²) in [5.41, 5.74) is 1.50. The van der Waals surface area contributed by atoms with Crippen LogP contribution in [0.4, 0.5) is 0 Å². The molecule has 0 aliphatic rings. The van der Waals surface area contributed by atoms with Gasteiger partial charge >= 0.3 is 0 Å². The highest BCUT2D eigenvalue weighted by Crippen LogP contribution is 2.05. The third-order valence-corrected chi connectivity index (χ3v) is 3.64. The summed E-state index contributed by atoms with van der Waals surface area (Å²) in [6, 6.07) is 6.43. The first-order chi connectivity index (χ1) is 9.71. The Hall–Kier alpha value is -1.44.